The van der Waals surface area contributed by atoms with Crippen LogP contribution in [-0.2, 0) is 4.79 Å². The standard InChI is InChI=1S/C16H26N2OS/c1-12(2)13-6-8-14(9-7-13)20-11-5-10-16(3,18-4)15(17)19/h6-9,12,18H,5,10-11H2,1-4H3,(H2,17,19). The van der Waals surface area contributed by atoms with Gasteiger partial charge in [-0.1, -0.05) is 26.0 Å². The molecule has 0 aliphatic carbocycles. The number of hydrogen-bond acceptors (Lipinski definition) is 3. The highest BCUT2D eigenvalue weighted by Gasteiger charge is 2.27. The third kappa shape index (κ3) is 4.84. The van der Waals surface area contributed by atoms with E-state index in [1.807, 2.05) is 18.7 Å². The molecule has 1 aromatic carbocycles. The Morgan fingerprint density at radius 1 is 1.35 bits per heavy atom. The number of rotatable bonds is 8. The SMILES string of the molecule is CNC(C)(CCCSc1ccc(C(C)C)cc1)C(N)=O. The Hall–Kier alpha value is -1.00. The molecule has 0 aliphatic heterocycles. The smallest absolute Gasteiger partial charge is 0.237 e. The summed E-state index contributed by atoms with van der Waals surface area (Å²) in [5.74, 6) is 1.28. The van der Waals surface area contributed by atoms with Crippen molar-refractivity contribution in [2.45, 2.75) is 50.0 Å². The highest BCUT2D eigenvalue weighted by molar-refractivity contribution is 7.99. The highest BCUT2D eigenvalue weighted by atomic mass is 32.2. The van der Waals surface area contributed by atoms with Gasteiger partial charge >= 0.3 is 0 Å². The zero-order chi connectivity index (χ0) is 15.2. The number of nitrogens with two attached hydrogens (primary N) is 1. The van der Waals surface area contributed by atoms with E-state index in [2.05, 4.69) is 43.4 Å². The van der Waals surface area contributed by atoms with Gasteiger partial charge in [-0.25, -0.2) is 0 Å². The van der Waals surface area contributed by atoms with Gasteiger partial charge < -0.3 is 11.1 Å². The molecular formula is C16H26N2OS. The summed E-state index contributed by atoms with van der Waals surface area (Å²) in [5, 5.41) is 3.01. The van der Waals surface area contributed by atoms with Crippen LogP contribution in [0.5, 0.6) is 0 Å². The lowest BCUT2D eigenvalue weighted by molar-refractivity contribution is -0.123. The summed E-state index contributed by atoms with van der Waals surface area (Å²) in [7, 11) is 1.78. The van der Waals surface area contributed by atoms with Gasteiger partial charge in [0.2, 0.25) is 5.91 Å². The minimum atomic E-state index is -0.595. The Bertz CT molecular complexity index is 431. The second-order valence-corrected chi connectivity index (χ2v) is 6.79. The molecule has 0 aromatic heterocycles. The molecule has 1 amide bonds. The van der Waals surface area contributed by atoms with Crippen LogP contribution in [0.4, 0.5) is 0 Å². The number of benzene rings is 1. The number of likely N-dealkylation sites (N-methyl/N-ethyl adjacent to an activating group) is 1. The van der Waals surface area contributed by atoms with Crippen molar-refractivity contribution in [2.75, 3.05) is 12.8 Å². The lowest BCUT2D eigenvalue weighted by Crippen LogP contribution is -2.51. The van der Waals surface area contributed by atoms with Gasteiger partial charge in [-0.3, -0.25) is 4.79 Å². The molecule has 20 heavy (non-hydrogen) atoms. The average Bonchev–Trinajstić information content (AvgIpc) is 2.43. The summed E-state index contributed by atoms with van der Waals surface area (Å²) in [6, 6.07) is 8.72. The number of carbonyl (C=O) groups excluding carboxylic acids is 1. The second kappa shape index (κ2) is 7.70. The predicted molar refractivity (Wildman–Crippen MR) is 87.1 cm³/mol. The van der Waals surface area contributed by atoms with Crippen molar-refractivity contribution in [1.29, 1.82) is 0 Å². The Morgan fingerprint density at radius 3 is 2.40 bits per heavy atom. The zero-order valence-electron chi connectivity index (χ0n) is 12.9. The maximum Gasteiger partial charge on any atom is 0.237 e. The van der Waals surface area contributed by atoms with Crippen molar-refractivity contribution in [3.63, 3.8) is 0 Å². The van der Waals surface area contributed by atoms with Crippen LogP contribution in [0.1, 0.15) is 45.1 Å². The van der Waals surface area contributed by atoms with Crippen LogP contribution in [0.15, 0.2) is 29.2 Å². The third-order valence-electron chi connectivity index (χ3n) is 3.73. The van der Waals surface area contributed by atoms with Gasteiger partial charge in [0.05, 0.1) is 5.54 Å². The van der Waals surface area contributed by atoms with Crippen molar-refractivity contribution in [3.8, 4) is 0 Å². The monoisotopic (exact) mass is 294 g/mol. The van der Waals surface area contributed by atoms with Crippen LogP contribution < -0.4 is 11.1 Å². The number of nitrogens with one attached hydrogen (secondary N) is 1. The van der Waals surface area contributed by atoms with Crippen molar-refractivity contribution in [1.82, 2.24) is 5.32 Å². The summed E-state index contributed by atoms with van der Waals surface area (Å²) in [4.78, 5) is 12.6. The van der Waals surface area contributed by atoms with Crippen LogP contribution in [0.3, 0.4) is 0 Å². The topological polar surface area (TPSA) is 55.1 Å². The number of primary amides is 1. The summed E-state index contributed by atoms with van der Waals surface area (Å²) >= 11 is 1.82. The van der Waals surface area contributed by atoms with Gasteiger partial charge in [-0.2, -0.15) is 0 Å². The zero-order valence-corrected chi connectivity index (χ0v) is 13.7. The van der Waals surface area contributed by atoms with E-state index in [0.29, 0.717) is 5.92 Å². The van der Waals surface area contributed by atoms with Crippen LogP contribution in [0.2, 0.25) is 0 Å². The maximum atomic E-state index is 11.4. The molecule has 0 spiro atoms. The lowest BCUT2D eigenvalue weighted by Gasteiger charge is -2.25. The molecule has 3 N–H and O–H groups in total. The highest BCUT2D eigenvalue weighted by Crippen LogP contribution is 2.23. The molecule has 1 unspecified atom stereocenters. The lowest BCUT2D eigenvalue weighted by atomic mass is 9.96. The summed E-state index contributed by atoms with van der Waals surface area (Å²) in [6.07, 6.45) is 1.72. The molecule has 0 radical (unpaired) electrons. The van der Waals surface area contributed by atoms with Gasteiger partial charge in [0.1, 0.15) is 0 Å². The van der Waals surface area contributed by atoms with Crippen molar-refractivity contribution in [2.24, 2.45) is 5.73 Å². The fraction of sp³-hybridized carbons (Fsp3) is 0.562. The van der Waals surface area contributed by atoms with Crippen molar-refractivity contribution in [3.05, 3.63) is 29.8 Å². The normalized spacial score (nSPS) is 14.2. The molecule has 0 fully saturated rings. The molecule has 112 valence electrons. The van der Waals surface area contributed by atoms with E-state index in [-0.39, 0.29) is 5.91 Å². The van der Waals surface area contributed by atoms with Gasteiger partial charge in [-0.05, 0) is 56.2 Å². The summed E-state index contributed by atoms with van der Waals surface area (Å²) in [5.41, 5.74) is 6.18. The van der Waals surface area contributed by atoms with E-state index in [9.17, 15) is 4.79 Å². The number of carbonyl (C=O) groups is 1. The van der Waals surface area contributed by atoms with Crippen LogP contribution in [0, 0.1) is 0 Å². The van der Waals surface area contributed by atoms with E-state index in [1.165, 1.54) is 10.5 Å². The van der Waals surface area contributed by atoms with E-state index in [1.54, 1.807) is 7.05 Å². The molecule has 1 atom stereocenters. The van der Waals surface area contributed by atoms with E-state index in [0.717, 1.165) is 18.6 Å². The van der Waals surface area contributed by atoms with Crippen LogP contribution in [-0.4, -0.2) is 24.2 Å². The Balaban J connectivity index is 2.39. The minimum Gasteiger partial charge on any atom is -0.368 e. The first-order valence-corrected chi connectivity index (χ1v) is 8.09. The molecule has 1 aromatic rings. The Kier molecular flexibility index (Phi) is 6.56. The largest absolute Gasteiger partial charge is 0.368 e. The van der Waals surface area contributed by atoms with Gasteiger partial charge in [0, 0.05) is 4.90 Å². The second-order valence-electron chi connectivity index (χ2n) is 5.62. The fourth-order valence-electron chi connectivity index (χ4n) is 1.94. The summed E-state index contributed by atoms with van der Waals surface area (Å²) in [6.45, 7) is 6.26. The van der Waals surface area contributed by atoms with Crippen LogP contribution >= 0.6 is 11.8 Å². The fourth-order valence-corrected chi connectivity index (χ4v) is 2.79. The van der Waals surface area contributed by atoms with E-state index in [4.69, 9.17) is 5.73 Å². The van der Waals surface area contributed by atoms with Gasteiger partial charge in [0.15, 0.2) is 0 Å². The predicted octanol–water partition coefficient (Wildman–Crippen LogP) is 3.15. The molecule has 3 nitrogen and oxygen atoms in total. The van der Waals surface area contributed by atoms with E-state index >= 15 is 0 Å². The molecule has 0 saturated carbocycles. The molecule has 0 saturated heterocycles. The minimum absolute atomic E-state index is 0.286. The number of hydrogen-bond donors (Lipinski definition) is 2. The molecule has 1 rings (SSSR count). The van der Waals surface area contributed by atoms with Gasteiger partial charge in [-0.15, -0.1) is 11.8 Å². The van der Waals surface area contributed by atoms with Gasteiger partial charge in [0.25, 0.3) is 0 Å². The van der Waals surface area contributed by atoms with Crippen molar-refractivity contribution >= 4 is 17.7 Å². The average molecular weight is 294 g/mol. The molecule has 4 heteroatoms. The quantitative estimate of drug-likeness (QED) is 0.572. The molecule has 0 aliphatic rings. The Labute approximate surface area is 126 Å². The number of thioether (sulfide) groups is 1. The first-order valence-electron chi connectivity index (χ1n) is 7.10. The first kappa shape index (κ1) is 17.1. The maximum absolute atomic E-state index is 11.4. The molecular weight excluding hydrogens is 268 g/mol. The van der Waals surface area contributed by atoms with Crippen molar-refractivity contribution < 1.29 is 4.79 Å². The number of amides is 1. The Morgan fingerprint density at radius 2 is 1.95 bits per heavy atom. The summed E-state index contributed by atoms with van der Waals surface area (Å²) < 4.78 is 0. The third-order valence-corrected chi connectivity index (χ3v) is 4.83. The van der Waals surface area contributed by atoms with E-state index < -0.39 is 5.54 Å². The molecule has 0 bridgehead atoms. The first-order chi connectivity index (χ1) is 9.39. The molecule has 0 heterocycles. The van der Waals surface area contributed by atoms with Crippen LogP contribution in [0.25, 0.3) is 0 Å².